The Balaban J connectivity index is 4.04. The van der Waals surface area contributed by atoms with Gasteiger partial charge in [0.15, 0.2) is 0 Å². The molecular formula is C12H25. The largest absolute Gasteiger partial charge is 0.0649 e. The van der Waals surface area contributed by atoms with Gasteiger partial charge in [-0.25, -0.2) is 0 Å². The van der Waals surface area contributed by atoms with Crippen LogP contribution in [0.3, 0.4) is 0 Å². The van der Waals surface area contributed by atoms with Crippen molar-refractivity contribution in [2.24, 2.45) is 17.3 Å². The first kappa shape index (κ1) is 12.0. The van der Waals surface area contributed by atoms with E-state index >= 15 is 0 Å². The van der Waals surface area contributed by atoms with Crippen molar-refractivity contribution in [2.45, 2.75) is 53.9 Å². The summed E-state index contributed by atoms with van der Waals surface area (Å²) in [5.41, 5.74) is 0.523. The molecule has 0 fully saturated rings. The summed E-state index contributed by atoms with van der Waals surface area (Å²) in [4.78, 5) is 0. The van der Waals surface area contributed by atoms with E-state index in [1.165, 1.54) is 19.3 Å². The van der Waals surface area contributed by atoms with Gasteiger partial charge < -0.3 is 0 Å². The van der Waals surface area contributed by atoms with Gasteiger partial charge in [0, 0.05) is 0 Å². The summed E-state index contributed by atoms with van der Waals surface area (Å²) in [6, 6.07) is 0. The summed E-state index contributed by atoms with van der Waals surface area (Å²) in [5, 5.41) is 0. The summed E-state index contributed by atoms with van der Waals surface area (Å²) < 4.78 is 0. The smallest absolute Gasteiger partial charge is 0.0323 e. The fraction of sp³-hybridized carbons (Fsp3) is 0.917. The first-order valence-electron chi connectivity index (χ1n) is 5.22. The van der Waals surface area contributed by atoms with Gasteiger partial charge in [-0.3, -0.25) is 0 Å². The minimum absolute atomic E-state index is 0.523. The van der Waals surface area contributed by atoms with Crippen LogP contribution in [0.5, 0.6) is 0 Å². The van der Waals surface area contributed by atoms with E-state index in [4.69, 9.17) is 0 Å². The Morgan fingerprint density at radius 3 is 1.92 bits per heavy atom. The molecule has 2 atom stereocenters. The lowest BCUT2D eigenvalue weighted by atomic mass is 9.74. The molecule has 0 aromatic rings. The highest BCUT2D eigenvalue weighted by molar-refractivity contribution is 4.77. The number of hydrogen-bond acceptors (Lipinski definition) is 0. The predicted octanol–water partition coefficient (Wildman–Crippen LogP) is 4.31. The van der Waals surface area contributed by atoms with Gasteiger partial charge in [0.05, 0.1) is 0 Å². The monoisotopic (exact) mass is 169 g/mol. The van der Waals surface area contributed by atoms with Gasteiger partial charge in [-0.15, -0.1) is 0 Å². The highest BCUT2D eigenvalue weighted by Crippen LogP contribution is 2.35. The molecular weight excluding hydrogens is 144 g/mol. The molecule has 0 amide bonds. The molecule has 0 spiro atoms. The van der Waals surface area contributed by atoms with Crippen LogP contribution in [-0.4, -0.2) is 0 Å². The van der Waals surface area contributed by atoms with Crippen LogP contribution in [-0.2, 0) is 0 Å². The molecule has 2 unspecified atom stereocenters. The summed E-state index contributed by atoms with van der Waals surface area (Å²) in [6.45, 7) is 15.6. The predicted molar refractivity (Wildman–Crippen MR) is 57.0 cm³/mol. The first-order valence-corrected chi connectivity index (χ1v) is 5.22. The Morgan fingerprint density at radius 2 is 1.67 bits per heavy atom. The highest BCUT2D eigenvalue weighted by Gasteiger charge is 2.23. The Labute approximate surface area is 78.8 Å². The zero-order valence-corrected chi connectivity index (χ0v) is 9.48. The molecule has 0 aliphatic rings. The summed E-state index contributed by atoms with van der Waals surface area (Å²) >= 11 is 0. The lowest BCUT2D eigenvalue weighted by Gasteiger charge is -2.31. The summed E-state index contributed by atoms with van der Waals surface area (Å²) in [6.07, 6.45) is 3.88. The van der Waals surface area contributed by atoms with Gasteiger partial charge in [-0.05, 0) is 30.1 Å². The lowest BCUT2D eigenvalue weighted by Crippen LogP contribution is -2.20. The van der Waals surface area contributed by atoms with Crippen molar-refractivity contribution in [3.63, 3.8) is 0 Å². The van der Waals surface area contributed by atoms with Gasteiger partial charge in [0.1, 0.15) is 0 Å². The minimum atomic E-state index is 0.523. The Hall–Kier alpha value is 0. The van der Waals surface area contributed by atoms with Crippen molar-refractivity contribution in [3.8, 4) is 0 Å². The zero-order valence-electron chi connectivity index (χ0n) is 9.48. The van der Waals surface area contributed by atoms with E-state index in [0.29, 0.717) is 11.3 Å². The molecule has 1 radical (unpaired) electrons. The third-order valence-electron chi connectivity index (χ3n) is 2.60. The molecule has 73 valence electrons. The van der Waals surface area contributed by atoms with Crippen LogP contribution in [0.15, 0.2) is 0 Å². The molecule has 0 saturated carbocycles. The maximum Gasteiger partial charge on any atom is -0.0323 e. The van der Waals surface area contributed by atoms with E-state index in [0.717, 1.165) is 5.92 Å². The standard InChI is InChI=1S/C12H25/c1-7-12(6,8-10(2)3)9-11(4)5/h10-11H,2,7-9H2,1,3-6H3. The quantitative estimate of drug-likeness (QED) is 0.575. The van der Waals surface area contributed by atoms with E-state index in [-0.39, 0.29) is 0 Å². The van der Waals surface area contributed by atoms with Crippen molar-refractivity contribution < 1.29 is 0 Å². The van der Waals surface area contributed by atoms with Crippen LogP contribution in [0.4, 0.5) is 0 Å². The van der Waals surface area contributed by atoms with Crippen LogP contribution in [0.2, 0.25) is 0 Å². The molecule has 0 aliphatic heterocycles. The van der Waals surface area contributed by atoms with Crippen LogP contribution >= 0.6 is 0 Å². The summed E-state index contributed by atoms with van der Waals surface area (Å²) in [7, 11) is 0. The molecule has 0 heterocycles. The van der Waals surface area contributed by atoms with Crippen molar-refractivity contribution in [2.75, 3.05) is 0 Å². The van der Waals surface area contributed by atoms with E-state index in [2.05, 4.69) is 41.5 Å². The molecule has 0 bridgehead atoms. The minimum Gasteiger partial charge on any atom is -0.0649 e. The number of hydrogen-bond donors (Lipinski definition) is 0. The molecule has 0 aromatic heterocycles. The Morgan fingerprint density at radius 1 is 1.17 bits per heavy atom. The Bertz CT molecular complexity index is 101. The molecule has 0 heteroatoms. The molecule has 12 heavy (non-hydrogen) atoms. The molecule has 0 aliphatic carbocycles. The molecule has 0 saturated heterocycles. The van der Waals surface area contributed by atoms with E-state index in [9.17, 15) is 0 Å². The molecule has 0 N–H and O–H groups in total. The maximum absolute atomic E-state index is 4.08. The number of rotatable bonds is 5. The van der Waals surface area contributed by atoms with Gasteiger partial charge in [0.2, 0.25) is 0 Å². The van der Waals surface area contributed by atoms with E-state index in [1.807, 2.05) is 0 Å². The highest BCUT2D eigenvalue weighted by atomic mass is 14.3. The second-order valence-corrected chi connectivity index (χ2v) is 5.07. The van der Waals surface area contributed by atoms with E-state index in [1.54, 1.807) is 0 Å². The fourth-order valence-corrected chi connectivity index (χ4v) is 2.20. The second kappa shape index (κ2) is 4.89. The van der Waals surface area contributed by atoms with Gasteiger partial charge >= 0.3 is 0 Å². The average Bonchev–Trinajstić information content (AvgIpc) is 1.83. The van der Waals surface area contributed by atoms with E-state index < -0.39 is 0 Å². The first-order chi connectivity index (χ1) is 5.39. The van der Waals surface area contributed by atoms with Crippen LogP contribution in [0, 0.1) is 24.2 Å². The SMILES string of the molecule is [CH2]C(C)CC(C)(CC)CC(C)C. The average molecular weight is 169 g/mol. The maximum atomic E-state index is 4.08. The molecule has 0 rings (SSSR count). The van der Waals surface area contributed by atoms with Crippen LogP contribution in [0.25, 0.3) is 0 Å². The van der Waals surface area contributed by atoms with Gasteiger partial charge in [-0.2, -0.15) is 0 Å². The second-order valence-electron chi connectivity index (χ2n) is 5.07. The van der Waals surface area contributed by atoms with Crippen LogP contribution in [0.1, 0.15) is 53.9 Å². The van der Waals surface area contributed by atoms with Gasteiger partial charge in [0.25, 0.3) is 0 Å². The third-order valence-corrected chi connectivity index (χ3v) is 2.60. The third kappa shape index (κ3) is 4.79. The molecule has 0 nitrogen and oxygen atoms in total. The fourth-order valence-electron chi connectivity index (χ4n) is 2.20. The zero-order chi connectivity index (χ0) is 9.78. The lowest BCUT2D eigenvalue weighted by molar-refractivity contribution is 0.205. The van der Waals surface area contributed by atoms with Gasteiger partial charge in [-0.1, -0.05) is 48.0 Å². The van der Waals surface area contributed by atoms with Crippen LogP contribution < -0.4 is 0 Å². The normalized spacial score (nSPS) is 13.0. The molecule has 0 aromatic carbocycles. The topological polar surface area (TPSA) is 0 Å². The van der Waals surface area contributed by atoms with Crippen molar-refractivity contribution >= 4 is 0 Å². The Kier molecular flexibility index (Phi) is 4.89. The van der Waals surface area contributed by atoms with Crippen molar-refractivity contribution in [3.05, 3.63) is 6.92 Å². The van der Waals surface area contributed by atoms with Crippen molar-refractivity contribution in [1.29, 1.82) is 0 Å². The van der Waals surface area contributed by atoms with Crippen molar-refractivity contribution in [1.82, 2.24) is 0 Å². The summed E-state index contributed by atoms with van der Waals surface area (Å²) in [5.74, 6) is 1.40.